The average Bonchev–Trinajstić information content (AvgIpc) is 3.01. The van der Waals surface area contributed by atoms with Gasteiger partial charge in [0, 0.05) is 17.8 Å². The third-order valence-electron chi connectivity index (χ3n) is 6.04. The predicted molar refractivity (Wildman–Crippen MR) is 125 cm³/mol. The Morgan fingerprint density at radius 2 is 1.90 bits per heavy atom. The number of imidazole rings is 1. The molecule has 31 heavy (non-hydrogen) atoms. The fourth-order valence-corrected chi connectivity index (χ4v) is 4.51. The quantitative estimate of drug-likeness (QED) is 0.522. The predicted octanol–water partition coefficient (Wildman–Crippen LogP) is 5.71. The Labute approximate surface area is 184 Å². The van der Waals surface area contributed by atoms with E-state index in [-0.39, 0.29) is 5.97 Å². The van der Waals surface area contributed by atoms with Gasteiger partial charge in [-0.2, -0.15) is 0 Å². The van der Waals surface area contributed by atoms with Crippen LogP contribution in [0.2, 0.25) is 0 Å². The zero-order valence-corrected chi connectivity index (χ0v) is 18.9. The van der Waals surface area contributed by atoms with Crippen molar-refractivity contribution in [1.82, 2.24) is 9.55 Å². The molecule has 0 fully saturated rings. The van der Waals surface area contributed by atoms with Gasteiger partial charge in [0.1, 0.15) is 5.82 Å². The van der Waals surface area contributed by atoms with Crippen LogP contribution in [0.25, 0.3) is 5.69 Å². The molecule has 0 saturated carbocycles. The summed E-state index contributed by atoms with van der Waals surface area (Å²) in [5.74, 6) is 0.629. The minimum absolute atomic E-state index is 0.297. The van der Waals surface area contributed by atoms with Crippen molar-refractivity contribution in [3.63, 3.8) is 0 Å². The molecule has 1 aliphatic rings. The molecule has 0 atom stereocenters. The maximum absolute atomic E-state index is 12.9. The lowest BCUT2D eigenvalue weighted by atomic mass is 9.98. The summed E-state index contributed by atoms with van der Waals surface area (Å²) in [7, 11) is 0. The first-order valence-corrected chi connectivity index (χ1v) is 11.3. The second-order valence-electron chi connectivity index (χ2n) is 8.00. The number of hydrogen-bond donors (Lipinski definition) is 1. The Hall–Kier alpha value is -3.08. The Balaban J connectivity index is 1.87. The zero-order valence-electron chi connectivity index (χ0n) is 18.9. The van der Waals surface area contributed by atoms with Crippen LogP contribution in [-0.2, 0) is 30.4 Å². The number of hydrogen-bond acceptors (Lipinski definition) is 4. The molecular formula is C26H31N3O2. The lowest BCUT2D eigenvalue weighted by Crippen LogP contribution is -2.16. The van der Waals surface area contributed by atoms with Crippen LogP contribution < -0.4 is 5.32 Å². The molecule has 0 unspecified atom stereocenters. The van der Waals surface area contributed by atoms with Crippen molar-refractivity contribution in [2.75, 3.05) is 11.9 Å². The first-order chi connectivity index (χ1) is 15.1. The van der Waals surface area contributed by atoms with Gasteiger partial charge in [-0.25, -0.2) is 9.78 Å². The van der Waals surface area contributed by atoms with Gasteiger partial charge in [0.25, 0.3) is 0 Å². The van der Waals surface area contributed by atoms with Gasteiger partial charge in [0.2, 0.25) is 0 Å². The number of para-hydroxylation sites is 1. The SMILES string of the molecule is CCCc1nc(CC)c(C(=O)OCC)n1-c1ccc2c(c1C)CCc1ccccc1N2. The molecule has 2 aromatic carbocycles. The first kappa shape index (κ1) is 21.2. The summed E-state index contributed by atoms with van der Waals surface area (Å²) >= 11 is 0. The summed E-state index contributed by atoms with van der Waals surface area (Å²) < 4.78 is 7.48. The van der Waals surface area contributed by atoms with E-state index in [1.165, 1.54) is 22.4 Å². The van der Waals surface area contributed by atoms with Gasteiger partial charge in [-0.05, 0) is 74.4 Å². The Morgan fingerprint density at radius 3 is 2.65 bits per heavy atom. The second kappa shape index (κ2) is 8.96. The van der Waals surface area contributed by atoms with E-state index in [1.54, 1.807) is 0 Å². The van der Waals surface area contributed by atoms with E-state index in [0.717, 1.165) is 48.6 Å². The van der Waals surface area contributed by atoms with E-state index in [2.05, 4.69) is 55.6 Å². The lowest BCUT2D eigenvalue weighted by Gasteiger charge is -2.19. The van der Waals surface area contributed by atoms with Gasteiger partial charge in [0.05, 0.1) is 18.0 Å². The normalized spacial score (nSPS) is 12.5. The number of nitrogens with one attached hydrogen (secondary N) is 1. The van der Waals surface area contributed by atoms with E-state index < -0.39 is 0 Å². The summed E-state index contributed by atoms with van der Waals surface area (Å²) in [6.45, 7) is 8.52. The smallest absolute Gasteiger partial charge is 0.357 e. The molecule has 1 aliphatic heterocycles. The van der Waals surface area contributed by atoms with Crippen LogP contribution in [0.15, 0.2) is 36.4 Å². The minimum atomic E-state index is -0.297. The van der Waals surface area contributed by atoms with Crippen LogP contribution in [0.4, 0.5) is 11.4 Å². The van der Waals surface area contributed by atoms with E-state index >= 15 is 0 Å². The highest BCUT2D eigenvalue weighted by Gasteiger charge is 2.26. The fraction of sp³-hybridized carbons (Fsp3) is 0.385. The van der Waals surface area contributed by atoms with Crippen LogP contribution >= 0.6 is 0 Å². The van der Waals surface area contributed by atoms with Gasteiger partial charge in [0.15, 0.2) is 5.69 Å². The maximum atomic E-state index is 12.9. The van der Waals surface area contributed by atoms with Crippen molar-refractivity contribution in [2.45, 2.75) is 59.8 Å². The maximum Gasteiger partial charge on any atom is 0.357 e. The fourth-order valence-electron chi connectivity index (χ4n) is 4.51. The van der Waals surface area contributed by atoms with Crippen LogP contribution in [0, 0.1) is 6.92 Å². The van der Waals surface area contributed by atoms with Crippen molar-refractivity contribution in [1.29, 1.82) is 0 Å². The Kier molecular flexibility index (Phi) is 6.12. The van der Waals surface area contributed by atoms with Crippen LogP contribution in [0.1, 0.15) is 65.9 Å². The van der Waals surface area contributed by atoms with E-state index in [0.29, 0.717) is 18.7 Å². The number of aryl methyl sites for hydroxylation is 3. The molecule has 0 spiro atoms. The zero-order chi connectivity index (χ0) is 22.0. The van der Waals surface area contributed by atoms with E-state index in [4.69, 9.17) is 9.72 Å². The molecule has 0 amide bonds. The van der Waals surface area contributed by atoms with Gasteiger partial charge in [-0.1, -0.05) is 32.0 Å². The number of anilines is 2. The lowest BCUT2D eigenvalue weighted by molar-refractivity contribution is 0.0515. The molecular weight excluding hydrogens is 386 g/mol. The number of carbonyl (C=O) groups is 1. The molecule has 0 radical (unpaired) electrons. The molecule has 4 rings (SSSR count). The molecule has 0 saturated heterocycles. The van der Waals surface area contributed by atoms with Crippen LogP contribution in [0.3, 0.4) is 0 Å². The Bertz CT molecular complexity index is 1110. The topological polar surface area (TPSA) is 56.1 Å². The second-order valence-corrected chi connectivity index (χ2v) is 8.00. The highest BCUT2D eigenvalue weighted by atomic mass is 16.5. The summed E-state index contributed by atoms with van der Waals surface area (Å²) in [5.41, 5.74) is 8.50. The summed E-state index contributed by atoms with van der Waals surface area (Å²) in [6, 6.07) is 12.7. The molecule has 1 N–H and O–H groups in total. The molecule has 162 valence electrons. The number of benzene rings is 2. The third-order valence-corrected chi connectivity index (χ3v) is 6.04. The number of ether oxygens (including phenoxy) is 1. The molecule has 0 aliphatic carbocycles. The average molecular weight is 418 g/mol. The van der Waals surface area contributed by atoms with Crippen LogP contribution in [0.5, 0.6) is 0 Å². The first-order valence-electron chi connectivity index (χ1n) is 11.3. The number of aromatic nitrogens is 2. The van der Waals surface area contributed by atoms with Crippen molar-refractivity contribution in [3.05, 3.63) is 70.3 Å². The van der Waals surface area contributed by atoms with Crippen molar-refractivity contribution < 1.29 is 9.53 Å². The minimum Gasteiger partial charge on any atom is -0.461 e. The van der Waals surface area contributed by atoms with Gasteiger partial charge >= 0.3 is 5.97 Å². The highest BCUT2D eigenvalue weighted by Crippen LogP contribution is 2.35. The number of esters is 1. The summed E-state index contributed by atoms with van der Waals surface area (Å²) in [6.07, 6.45) is 4.40. The standard InChI is InChI=1S/C26H31N3O2/c1-5-10-24-28-20(6-2)25(26(30)31-7-3)29(24)23-16-15-22-19(17(23)4)14-13-18-11-8-9-12-21(18)27-22/h8-9,11-12,15-16,27H,5-7,10,13-14H2,1-4H3. The summed E-state index contributed by atoms with van der Waals surface area (Å²) in [5, 5.41) is 3.62. The van der Waals surface area contributed by atoms with Gasteiger partial charge in [-0.15, -0.1) is 0 Å². The highest BCUT2D eigenvalue weighted by molar-refractivity contribution is 5.90. The summed E-state index contributed by atoms with van der Waals surface area (Å²) in [4.78, 5) is 17.8. The van der Waals surface area contributed by atoms with Crippen molar-refractivity contribution in [2.24, 2.45) is 0 Å². The number of nitrogens with zero attached hydrogens (tertiary/aromatic N) is 2. The third kappa shape index (κ3) is 3.85. The van der Waals surface area contributed by atoms with E-state index in [1.807, 2.05) is 18.4 Å². The monoisotopic (exact) mass is 417 g/mol. The molecule has 1 aromatic heterocycles. The van der Waals surface area contributed by atoms with Crippen molar-refractivity contribution >= 4 is 17.3 Å². The molecule has 3 aromatic rings. The van der Waals surface area contributed by atoms with Gasteiger partial charge in [-0.3, -0.25) is 4.57 Å². The van der Waals surface area contributed by atoms with E-state index in [9.17, 15) is 4.79 Å². The molecule has 5 nitrogen and oxygen atoms in total. The van der Waals surface area contributed by atoms with Crippen LogP contribution in [-0.4, -0.2) is 22.1 Å². The number of fused-ring (bicyclic) bond motifs is 2. The largest absolute Gasteiger partial charge is 0.461 e. The Morgan fingerprint density at radius 1 is 1.10 bits per heavy atom. The molecule has 2 heterocycles. The molecule has 0 bridgehead atoms. The van der Waals surface area contributed by atoms with Crippen molar-refractivity contribution in [3.8, 4) is 5.69 Å². The number of carbonyl (C=O) groups excluding carboxylic acids is 1. The number of rotatable bonds is 6. The van der Waals surface area contributed by atoms with Gasteiger partial charge < -0.3 is 10.1 Å². The molecule has 5 heteroatoms.